The van der Waals surface area contributed by atoms with Crippen molar-refractivity contribution in [2.45, 2.75) is 20.3 Å². The second-order valence-electron chi connectivity index (χ2n) is 6.64. The van der Waals surface area contributed by atoms with E-state index < -0.39 is 0 Å². The SMILES string of the molecule is CCN(CC)CCCNc1nc(C=Cc2ccc(F)cc2)nc2ccccc12. The molecule has 0 saturated heterocycles. The van der Waals surface area contributed by atoms with Gasteiger partial charge in [0.1, 0.15) is 11.6 Å². The number of benzene rings is 2. The number of nitrogens with zero attached hydrogens (tertiary/aromatic N) is 3. The maximum absolute atomic E-state index is 13.1. The van der Waals surface area contributed by atoms with Gasteiger partial charge < -0.3 is 10.2 Å². The molecule has 1 heterocycles. The minimum atomic E-state index is -0.240. The lowest BCUT2D eigenvalue weighted by Crippen LogP contribution is -2.25. The van der Waals surface area contributed by atoms with Gasteiger partial charge in [-0.3, -0.25) is 0 Å². The van der Waals surface area contributed by atoms with Crippen LogP contribution < -0.4 is 5.32 Å². The molecule has 0 spiro atoms. The molecule has 1 aromatic heterocycles. The predicted molar refractivity (Wildman–Crippen MR) is 116 cm³/mol. The number of anilines is 1. The zero-order valence-electron chi connectivity index (χ0n) is 16.5. The summed E-state index contributed by atoms with van der Waals surface area (Å²) in [4.78, 5) is 11.7. The first-order valence-electron chi connectivity index (χ1n) is 9.86. The van der Waals surface area contributed by atoms with Crippen LogP contribution in [0, 0.1) is 5.82 Å². The first-order chi connectivity index (χ1) is 13.7. The Morgan fingerprint density at radius 1 is 0.964 bits per heavy atom. The topological polar surface area (TPSA) is 41.0 Å². The van der Waals surface area contributed by atoms with Crippen LogP contribution in [-0.2, 0) is 0 Å². The number of hydrogen-bond acceptors (Lipinski definition) is 4. The van der Waals surface area contributed by atoms with Crippen LogP contribution in [-0.4, -0.2) is 41.0 Å². The van der Waals surface area contributed by atoms with Crippen molar-refractivity contribution in [3.05, 3.63) is 65.7 Å². The second-order valence-corrected chi connectivity index (χ2v) is 6.64. The Labute approximate surface area is 166 Å². The van der Waals surface area contributed by atoms with Crippen molar-refractivity contribution in [3.63, 3.8) is 0 Å². The molecule has 0 saturated carbocycles. The van der Waals surface area contributed by atoms with E-state index in [4.69, 9.17) is 4.98 Å². The fraction of sp³-hybridized carbons (Fsp3) is 0.304. The van der Waals surface area contributed by atoms with E-state index in [0.29, 0.717) is 5.82 Å². The van der Waals surface area contributed by atoms with Crippen molar-refractivity contribution in [3.8, 4) is 0 Å². The Kier molecular flexibility index (Phi) is 7.09. The zero-order chi connectivity index (χ0) is 19.8. The van der Waals surface area contributed by atoms with Crippen molar-refractivity contribution in [1.82, 2.24) is 14.9 Å². The Morgan fingerprint density at radius 2 is 1.71 bits per heavy atom. The van der Waals surface area contributed by atoms with E-state index in [1.54, 1.807) is 12.1 Å². The van der Waals surface area contributed by atoms with Crippen LogP contribution >= 0.6 is 0 Å². The molecule has 0 atom stereocenters. The summed E-state index contributed by atoms with van der Waals surface area (Å²) in [6.07, 6.45) is 4.81. The highest BCUT2D eigenvalue weighted by molar-refractivity contribution is 5.90. The molecule has 2 aromatic carbocycles. The largest absolute Gasteiger partial charge is 0.369 e. The van der Waals surface area contributed by atoms with Crippen molar-refractivity contribution in [1.29, 1.82) is 0 Å². The first-order valence-corrected chi connectivity index (χ1v) is 9.86. The summed E-state index contributed by atoms with van der Waals surface area (Å²) in [6, 6.07) is 14.4. The summed E-state index contributed by atoms with van der Waals surface area (Å²) >= 11 is 0. The molecule has 0 aliphatic rings. The number of para-hydroxylation sites is 1. The highest BCUT2D eigenvalue weighted by atomic mass is 19.1. The average molecular weight is 378 g/mol. The van der Waals surface area contributed by atoms with Crippen LogP contribution in [0.4, 0.5) is 10.2 Å². The standard InChI is InChI=1S/C23H27FN4/c1-3-28(4-2)17-7-16-25-23-20-8-5-6-9-21(20)26-22(27-23)15-12-18-10-13-19(24)14-11-18/h5-6,8-15H,3-4,7,16-17H2,1-2H3,(H,25,26,27). The second kappa shape index (κ2) is 9.95. The van der Waals surface area contributed by atoms with Crippen LogP contribution in [0.5, 0.6) is 0 Å². The molecule has 5 heteroatoms. The molecule has 0 fully saturated rings. The smallest absolute Gasteiger partial charge is 0.154 e. The normalized spacial score (nSPS) is 11.6. The van der Waals surface area contributed by atoms with Crippen LogP contribution in [0.1, 0.15) is 31.7 Å². The lowest BCUT2D eigenvalue weighted by atomic mass is 10.2. The molecule has 3 aromatic rings. The molecular formula is C23H27FN4. The maximum atomic E-state index is 13.1. The van der Waals surface area contributed by atoms with Gasteiger partial charge in [0.2, 0.25) is 0 Å². The first kappa shape index (κ1) is 20.0. The molecule has 3 rings (SSSR count). The lowest BCUT2D eigenvalue weighted by molar-refractivity contribution is 0.303. The molecule has 0 aliphatic heterocycles. The van der Waals surface area contributed by atoms with Gasteiger partial charge in [0, 0.05) is 11.9 Å². The number of rotatable bonds is 9. The van der Waals surface area contributed by atoms with Crippen molar-refractivity contribution >= 4 is 28.9 Å². The summed E-state index contributed by atoms with van der Waals surface area (Å²) in [5, 5.41) is 4.49. The number of halogens is 1. The molecule has 28 heavy (non-hydrogen) atoms. The third kappa shape index (κ3) is 5.36. The Balaban J connectivity index is 1.76. The highest BCUT2D eigenvalue weighted by Crippen LogP contribution is 2.21. The van der Waals surface area contributed by atoms with Crippen LogP contribution in [0.3, 0.4) is 0 Å². The van der Waals surface area contributed by atoms with Crippen LogP contribution in [0.15, 0.2) is 48.5 Å². The quantitative estimate of drug-likeness (QED) is 0.527. The van der Waals surface area contributed by atoms with E-state index in [2.05, 4.69) is 29.0 Å². The summed E-state index contributed by atoms with van der Waals surface area (Å²) in [5.41, 5.74) is 1.81. The molecule has 1 N–H and O–H groups in total. The van der Waals surface area contributed by atoms with Gasteiger partial charge in [-0.1, -0.05) is 44.2 Å². The highest BCUT2D eigenvalue weighted by Gasteiger charge is 2.06. The van der Waals surface area contributed by atoms with Crippen LogP contribution in [0.25, 0.3) is 23.1 Å². The fourth-order valence-corrected chi connectivity index (χ4v) is 3.10. The van der Waals surface area contributed by atoms with Gasteiger partial charge in [0.15, 0.2) is 5.82 Å². The molecular weight excluding hydrogens is 351 g/mol. The summed E-state index contributed by atoms with van der Waals surface area (Å²) in [6.45, 7) is 8.46. The van der Waals surface area contributed by atoms with Gasteiger partial charge in [0.05, 0.1) is 5.52 Å². The number of hydrogen-bond donors (Lipinski definition) is 1. The van der Waals surface area contributed by atoms with Gasteiger partial charge in [0.25, 0.3) is 0 Å². The predicted octanol–water partition coefficient (Wildman–Crippen LogP) is 5.08. The van der Waals surface area contributed by atoms with E-state index in [9.17, 15) is 4.39 Å². The Bertz CT molecular complexity index is 918. The van der Waals surface area contributed by atoms with Crippen molar-refractivity contribution in [2.24, 2.45) is 0 Å². The molecule has 0 bridgehead atoms. The number of nitrogens with one attached hydrogen (secondary N) is 1. The van der Waals surface area contributed by atoms with Crippen LogP contribution in [0.2, 0.25) is 0 Å². The minimum absolute atomic E-state index is 0.240. The monoisotopic (exact) mass is 378 g/mol. The van der Waals surface area contributed by atoms with Gasteiger partial charge in [-0.15, -0.1) is 0 Å². The summed E-state index contributed by atoms with van der Waals surface area (Å²) in [7, 11) is 0. The molecule has 146 valence electrons. The van der Waals surface area contributed by atoms with Gasteiger partial charge in [-0.25, -0.2) is 14.4 Å². The molecule has 4 nitrogen and oxygen atoms in total. The summed E-state index contributed by atoms with van der Waals surface area (Å²) in [5.74, 6) is 1.24. The molecule has 0 radical (unpaired) electrons. The van der Waals surface area contributed by atoms with Crippen molar-refractivity contribution in [2.75, 3.05) is 31.5 Å². The van der Waals surface area contributed by atoms with Gasteiger partial charge >= 0.3 is 0 Å². The van der Waals surface area contributed by atoms with E-state index >= 15 is 0 Å². The van der Waals surface area contributed by atoms with E-state index in [1.165, 1.54) is 12.1 Å². The minimum Gasteiger partial charge on any atom is -0.369 e. The van der Waals surface area contributed by atoms with E-state index in [1.807, 2.05) is 36.4 Å². The molecule has 0 amide bonds. The van der Waals surface area contributed by atoms with E-state index in [-0.39, 0.29) is 5.82 Å². The summed E-state index contributed by atoms with van der Waals surface area (Å²) < 4.78 is 13.1. The zero-order valence-corrected chi connectivity index (χ0v) is 16.5. The molecule has 0 unspecified atom stereocenters. The van der Waals surface area contributed by atoms with Gasteiger partial charge in [-0.05, 0) is 62.0 Å². The molecule has 0 aliphatic carbocycles. The third-order valence-electron chi connectivity index (χ3n) is 4.75. The maximum Gasteiger partial charge on any atom is 0.154 e. The Morgan fingerprint density at radius 3 is 2.46 bits per heavy atom. The number of fused-ring (bicyclic) bond motifs is 1. The number of aromatic nitrogens is 2. The fourth-order valence-electron chi connectivity index (χ4n) is 3.10. The van der Waals surface area contributed by atoms with Gasteiger partial charge in [-0.2, -0.15) is 0 Å². The average Bonchev–Trinajstić information content (AvgIpc) is 2.73. The Hall–Kier alpha value is -2.79. The third-order valence-corrected chi connectivity index (χ3v) is 4.75. The van der Waals surface area contributed by atoms with Crippen molar-refractivity contribution < 1.29 is 4.39 Å². The lowest BCUT2D eigenvalue weighted by Gasteiger charge is -2.18. The van der Waals surface area contributed by atoms with E-state index in [0.717, 1.165) is 54.9 Å².